The van der Waals surface area contributed by atoms with Crippen LogP contribution in [-0.4, -0.2) is 18.0 Å². The smallest absolute Gasteiger partial charge is 0.311 e. The van der Waals surface area contributed by atoms with E-state index >= 15 is 0 Å². The highest BCUT2D eigenvalue weighted by Gasteiger charge is 2.51. The number of ether oxygens (including phenoxy) is 2. The zero-order valence-electron chi connectivity index (χ0n) is 17.0. The van der Waals surface area contributed by atoms with Gasteiger partial charge in [0.2, 0.25) is 0 Å². The van der Waals surface area contributed by atoms with Crippen LogP contribution in [0.25, 0.3) is 0 Å². The molecule has 0 N–H and O–H groups in total. The number of hydrogen-bond acceptors (Lipinski definition) is 6. The number of carbonyl (C=O) groups is 2. The van der Waals surface area contributed by atoms with E-state index in [0.717, 1.165) is 41.0 Å². The van der Waals surface area contributed by atoms with Gasteiger partial charge in [0.15, 0.2) is 0 Å². The largest absolute Gasteiger partial charge is 0.462 e. The monoisotopic (exact) mass is 422 g/mol. The van der Waals surface area contributed by atoms with Gasteiger partial charge in [0.25, 0.3) is 0 Å². The van der Waals surface area contributed by atoms with Crippen molar-refractivity contribution in [2.75, 3.05) is 0 Å². The Kier molecular flexibility index (Phi) is 6.40. The Hall–Kier alpha value is -1.14. The van der Waals surface area contributed by atoms with E-state index in [1.807, 2.05) is 45.9 Å². The molecular weight excluding hydrogens is 392 g/mol. The van der Waals surface area contributed by atoms with Crippen molar-refractivity contribution in [3.05, 3.63) is 23.8 Å². The number of fused-ring (bicyclic) bond motifs is 2. The summed E-state index contributed by atoms with van der Waals surface area (Å²) >= 11 is 8.73. The van der Waals surface area contributed by atoms with Gasteiger partial charge in [-0.15, -0.1) is 25.3 Å². The second kappa shape index (κ2) is 8.31. The topological polar surface area (TPSA) is 52.6 Å². The molecule has 0 aliphatic heterocycles. The number of thiol groups is 2. The number of hydrogen-bond donors (Lipinski definition) is 2. The van der Waals surface area contributed by atoms with Gasteiger partial charge in [-0.1, -0.05) is 6.92 Å². The van der Waals surface area contributed by atoms with E-state index in [2.05, 4.69) is 25.3 Å². The van der Waals surface area contributed by atoms with Gasteiger partial charge in [-0.3, -0.25) is 9.59 Å². The van der Waals surface area contributed by atoms with Crippen LogP contribution in [0.1, 0.15) is 65.0 Å². The summed E-state index contributed by atoms with van der Waals surface area (Å²) in [6, 6.07) is 5.64. The fourth-order valence-corrected chi connectivity index (χ4v) is 4.96. The van der Waals surface area contributed by atoms with Crippen LogP contribution in [0.5, 0.6) is 0 Å². The van der Waals surface area contributed by atoms with Crippen LogP contribution in [0, 0.1) is 23.2 Å². The van der Waals surface area contributed by atoms with Gasteiger partial charge in [0, 0.05) is 9.79 Å². The Morgan fingerprint density at radius 1 is 1.11 bits per heavy atom. The predicted molar refractivity (Wildman–Crippen MR) is 114 cm³/mol. The average molecular weight is 423 g/mol. The van der Waals surface area contributed by atoms with Crippen molar-refractivity contribution in [2.45, 2.75) is 75.4 Å². The van der Waals surface area contributed by atoms with E-state index in [-0.39, 0.29) is 41.9 Å². The molecule has 2 aliphatic carbocycles. The summed E-state index contributed by atoms with van der Waals surface area (Å²) in [6.07, 6.45) is 2.79. The van der Waals surface area contributed by atoms with Crippen LogP contribution >= 0.6 is 25.3 Å². The molecule has 154 valence electrons. The van der Waals surface area contributed by atoms with Crippen molar-refractivity contribution in [3.63, 3.8) is 0 Å². The van der Waals surface area contributed by atoms with E-state index in [0.29, 0.717) is 0 Å². The number of carbonyl (C=O) groups excluding carboxylic acids is 2. The molecular formula is C22H30O4S2. The van der Waals surface area contributed by atoms with E-state index in [4.69, 9.17) is 9.47 Å². The lowest BCUT2D eigenvalue weighted by Gasteiger charge is -2.30. The molecule has 5 unspecified atom stereocenters. The van der Waals surface area contributed by atoms with E-state index in [1.165, 1.54) is 0 Å². The van der Waals surface area contributed by atoms with Gasteiger partial charge < -0.3 is 9.47 Å². The lowest BCUT2D eigenvalue weighted by atomic mass is 9.86. The lowest BCUT2D eigenvalue weighted by Crippen LogP contribution is -2.35. The molecule has 0 aromatic heterocycles. The van der Waals surface area contributed by atoms with Gasteiger partial charge in [0.05, 0.1) is 11.3 Å². The van der Waals surface area contributed by atoms with E-state index in [1.54, 1.807) is 0 Å². The number of esters is 2. The van der Waals surface area contributed by atoms with Gasteiger partial charge in [-0.25, -0.2) is 0 Å². The highest BCUT2D eigenvalue weighted by Crippen LogP contribution is 2.50. The molecule has 6 heteroatoms. The quantitative estimate of drug-likeness (QED) is 0.485. The minimum absolute atomic E-state index is 0.0580. The van der Waals surface area contributed by atoms with E-state index < -0.39 is 5.41 Å². The molecule has 1 aromatic rings. The molecule has 0 radical (unpaired) electrons. The first-order chi connectivity index (χ1) is 13.1. The van der Waals surface area contributed by atoms with Crippen molar-refractivity contribution >= 4 is 37.2 Å². The Balaban J connectivity index is 1.56. The van der Waals surface area contributed by atoms with Crippen molar-refractivity contribution in [3.8, 4) is 0 Å². The first-order valence-electron chi connectivity index (χ1n) is 10.0. The van der Waals surface area contributed by atoms with Crippen LogP contribution in [-0.2, 0) is 19.1 Å². The maximum atomic E-state index is 12.8. The number of benzene rings is 1. The maximum Gasteiger partial charge on any atom is 0.311 e. The van der Waals surface area contributed by atoms with Crippen molar-refractivity contribution in [2.24, 2.45) is 23.2 Å². The van der Waals surface area contributed by atoms with E-state index in [9.17, 15) is 9.59 Å². The third-order valence-corrected chi connectivity index (χ3v) is 6.99. The molecule has 2 bridgehead atoms. The second-order valence-corrected chi connectivity index (χ2v) is 9.91. The lowest BCUT2D eigenvalue weighted by molar-refractivity contribution is -0.164. The third-order valence-electron chi connectivity index (χ3n) is 6.48. The molecule has 2 saturated carbocycles. The summed E-state index contributed by atoms with van der Waals surface area (Å²) in [6.45, 7) is 7.70. The molecule has 0 heterocycles. The normalized spacial score (nSPS) is 27.5. The van der Waals surface area contributed by atoms with Gasteiger partial charge in [-0.2, -0.15) is 0 Å². The summed E-state index contributed by atoms with van der Waals surface area (Å²) in [4.78, 5) is 26.7. The van der Waals surface area contributed by atoms with Gasteiger partial charge >= 0.3 is 11.9 Å². The highest BCUT2D eigenvalue weighted by atomic mass is 32.1. The molecule has 4 nitrogen and oxygen atoms in total. The SMILES string of the molecule is CCC(C)(C)C(=O)OC1CC2CC1CC2C(=O)OC(C)c1cc(S)cc(S)c1. The van der Waals surface area contributed by atoms with Crippen LogP contribution in [0.4, 0.5) is 0 Å². The fourth-order valence-electron chi connectivity index (χ4n) is 4.28. The van der Waals surface area contributed by atoms with Gasteiger partial charge in [0.1, 0.15) is 12.2 Å². The minimum atomic E-state index is -0.455. The molecule has 2 fully saturated rings. The molecule has 0 spiro atoms. The average Bonchev–Trinajstić information content (AvgIpc) is 3.21. The van der Waals surface area contributed by atoms with Gasteiger partial charge in [-0.05, 0) is 82.1 Å². The van der Waals surface area contributed by atoms with Crippen molar-refractivity contribution in [1.82, 2.24) is 0 Å². The second-order valence-electron chi connectivity index (χ2n) is 8.88. The number of rotatable bonds is 6. The van der Waals surface area contributed by atoms with Crippen LogP contribution in [0.15, 0.2) is 28.0 Å². The molecule has 3 rings (SSSR count). The molecule has 2 aliphatic rings. The van der Waals surface area contributed by atoms with Crippen LogP contribution in [0.2, 0.25) is 0 Å². The Bertz CT molecular complexity index is 741. The zero-order valence-corrected chi connectivity index (χ0v) is 18.8. The summed E-state index contributed by atoms with van der Waals surface area (Å²) in [5.74, 6) is 0.123. The Labute approximate surface area is 178 Å². The van der Waals surface area contributed by atoms with Crippen LogP contribution < -0.4 is 0 Å². The highest BCUT2D eigenvalue weighted by molar-refractivity contribution is 7.81. The zero-order chi connectivity index (χ0) is 20.6. The van der Waals surface area contributed by atoms with Crippen molar-refractivity contribution in [1.29, 1.82) is 0 Å². The molecule has 0 saturated heterocycles. The summed E-state index contributed by atoms with van der Waals surface area (Å²) in [5, 5.41) is 0. The maximum absolute atomic E-state index is 12.8. The molecule has 5 atom stereocenters. The minimum Gasteiger partial charge on any atom is -0.462 e. The summed E-state index contributed by atoms with van der Waals surface area (Å²) < 4.78 is 11.6. The first kappa shape index (κ1) is 21.6. The van der Waals surface area contributed by atoms with Crippen LogP contribution in [0.3, 0.4) is 0 Å². The molecule has 28 heavy (non-hydrogen) atoms. The Morgan fingerprint density at radius 3 is 2.29 bits per heavy atom. The fraction of sp³-hybridized carbons (Fsp3) is 0.636. The first-order valence-corrected chi connectivity index (χ1v) is 10.9. The summed E-state index contributed by atoms with van der Waals surface area (Å²) in [5.41, 5.74) is 0.436. The standard InChI is InChI=1S/C22H30O4S2/c1-5-22(3,4)21(24)26-19-10-14-6-15(19)9-18(14)20(23)25-12(2)13-7-16(27)11-17(28)8-13/h7-8,11-12,14-15,18-19,27-28H,5-6,9-10H2,1-4H3. The molecule has 0 amide bonds. The summed E-state index contributed by atoms with van der Waals surface area (Å²) in [7, 11) is 0. The van der Waals surface area contributed by atoms with Crippen molar-refractivity contribution < 1.29 is 19.1 Å². The third kappa shape index (κ3) is 4.54. The Morgan fingerprint density at radius 2 is 1.75 bits per heavy atom. The molecule has 1 aromatic carbocycles. The predicted octanol–water partition coefficient (Wildman–Crippen LogP) is 5.26.